The molecule has 1 aromatic rings. The molecule has 1 amide bonds. The van der Waals surface area contributed by atoms with E-state index in [-0.39, 0.29) is 12.2 Å². The number of esters is 1. The minimum absolute atomic E-state index is 0.279. The van der Waals surface area contributed by atoms with Gasteiger partial charge in [-0.05, 0) is 18.9 Å². The summed E-state index contributed by atoms with van der Waals surface area (Å²) in [5, 5.41) is 10.7. The molecule has 1 unspecified atom stereocenters. The maximum Gasteiger partial charge on any atom is 0.328 e. The van der Waals surface area contributed by atoms with Crippen LogP contribution >= 0.6 is 0 Å². The minimum atomic E-state index is -0.860. The van der Waals surface area contributed by atoms with Crippen LogP contribution in [0.3, 0.4) is 0 Å². The standard InChI is InChI=1S/C13H13FN2O5/c1-21-13(18)11-3-2-6-15(11)12(17)9-7-8(16(19)20)4-5-10(9)14/h4-5,7,11H,2-3,6H2,1H3. The zero-order valence-corrected chi connectivity index (χ0v) is 11.2. The fraction of sp³-hybridized carbons (Fsp3) is 0.385. The zero-order valence-electron chi connectivity index (χ0n) is 11.2. The van der Waals surface area contributed by atoms with Crippen molar-refractivity contribution in [1.82, 2.24) is 4.90 Å². The number of carbonyl (C=O) groups is 2. The number of nitro groups is 1. The molecular formula is C13H13FN2O5. The monoisotopic (exact) mass is 296 g/mol. The second-order valence-electron chi connectivity index (χ2n) is 4.60. The van der Waals surface area contributed by atoms with E-state index in [1.807, 2.05) is 0 Å². The first kappa shape index (κ1) is 14.9. The van der Waals surface area contributed by atoms with Gasteiger partial charge >= 0.3 is 5.97 Å². The Morgan fingerprint density at radius 3 is 2.81 bits per heavy atom. The SMILES string of the molecule is COC(=O)C1CCCN1C(=O)c1cc([N+](=O)[O-])ccc1F. The van der Waals surface area contributed by atoms with Crippen molar-refractivity contribution in [3.63, 3.8) is 0 Å². The number of amides is 1. The van der Waals surface area contributed by atoms with E-state index in [1.165, 1.54) is 12.0 Å². The Morgan fingerprint density at radius 2 is 2.19 bits per heavy atom. The fourth-order valence-electron chi connectivity index (χ4n) is 2.34. The topological polar surface area (TPSA) is 89.8 Å². The van der Waals surface area contributed by atoms with Gasteiger partial charge in [0, 0.05) is 18.7 Å². The van der Waals surface area contributed by atoms with Crippen LogP contribution in [0, 0.1) is 15.9 Å². The van der Waals surface area contributed by atoms with Gasteiger partial charge in [0.2, 0.25) is 0 Å². The molecule has 7 nitrogen and oxygen atoms in total. The minimum Gasteiger partial charge on any atom is -0.467 e. The molecule has 1 aromatic carbocycles. The number of halogens is 1. The van der Waals surface area contributed by atoms with E-state index >= 15 is 0 Å². The molecule has 0 N–H and O–H groups in total. The highest BCUT2D eigenvalue weighted by Gasteiger charge is 2.36. The number of likely N-dealkylation sites (tertiary alicyclic amines) is 1. The largest absolute Gasteiger partial charge is 0.467 e. The first-order valence-corrected chi connectivity index (χ1v) is 6.28. The summed E-state index contributed by atoms with van der Waals surface area (Å²) >= 11 is 0. The zero-order chi connectivity index (χ0) is 15.6. The van der Waals surface area contributed by atoms with Gasteiger partial charge in [-0.15, -0.1) is 0 Å². The van der Waals surface area contributed by atoms with Crippen molar-refractivity contribution in [2.75, 3.05) is 13.7 Å². The van der Waals surface area contributed by atoms with Crippen molar-refractivity contribution >= 4 is 17.6 Å². The Bertz CT molecular complexity index is 604. The van der Waals surface area contributed by atoms with Crippen LogP contribution in [-0.2, 0) is 9.53 Å². The number of nitro benzene ring substituents is 1. The van der Waals surface area contributed by atoms with E-state index in [4.69, 9.17) is 0 Å². The summed E-state index contributed by atoms with van der Waals surface area (Å²) in [6.45, 7) is 0.279. The van der Waals surface area contributed by atoms with E-state index < -0.39 is 34.2 Å². The lowest BCUT2D eigenvalue weighted by Gasteiger charge is -2.22. The molecule has 21 heavy (non-hydrogen) atoms. The molecule has 1 atom stereocenters. The van der Waals surface area contributed by atoms with Crippen molar-refractivity contribution in [2.24, 2.45) is 0 Å². The summed E-state index contributed by atoms with van der Waals surface area (Å²) in [6.07, 6.45) is 1.01. The smallest absolute Gasteiger partial charge is 0.328 e. The Morgan fingerprint density at radius 1 is 1.48 bits per heavy atom. The molecule has 1 aliphatic rings. The summed E-state index contributed by atoms with van der Waals surface area (Å²) in [6, 6.07) is 1.95. The number of nitrogens with zero attached hydrogens (tertiary/aromatic N) is 2. The number of hydrogen-bond acceptors (Lipinski definition) is 5. The molecule has 0 bridgehead atoms. The quantitative estimate of drug-likeness (QED) is 0.479. The van der Waals surface area contributed by atoms with Crippen LogP contribution in [0.5, 0.6) is 0 Å². The number of hydrogen-bond donors (Lipinski definition) is 0. The molecule has 0 saturated carbocycles. The maximum absolute atomic E-state index is 13.8. The molecule has 0 spiro atoms. The van der Waals surface area contributed by atoms with E-state index in [0.29, 0.717) is 12.8 Å². The molecule has 1 fully saturated rings. The number of carbonyl (C=O) groups excluding carboxylic acids is 2. The van der Waals surface area contributed by atoms with Gasteiger partial charge in [0.1, 0.15) is 11.9 Å². The van der Waals surface area contributed by atoms with Gasteiger partial charge in [-0.1, -0.05) is 0 Å². The second kappa shape index (κ2) is 5.86. The highest BCUT2D eigenvalue weighted by Crippen LogP contribution is 2.24. The Labute approximate surface area is 119 Å². The molecular weight excluding hydrogens is 283 g/mol. The van der Waals surface area contributed by atoms with E-state index in [0.717, 1.165) is 18.2 Å². The van der Waals surface area contributed by atoms with Crippen LogP contribution in [0.4, 0.5) is 10.1 Å². The van der Waals surface area contributed by atoms with Gasteiger partial charge in [0.05, 0.1) is 17.6 Å². The van der Waals surface area contributed by atoms with Crippen molar-refractivity contribution < 1.29 is 23.6 Å². The lowest BCUT2D eigenvalue weighted by Crippen LogP contribution is -2.41. The highest BCUT2D eigenvalue weighted by molar-refractivity contribution is 5.97. The van der Waals surface area contributed by atoms with Gasteiger partial charge < -0.3 is 9.64 Å². The highest BCUT2D eigenvalue weighted by atomic mass is 19.1. The summed E-state index contributed by atoms with van der Waals surface area (Å²) in [7, 11) is 1.21. The van der Waals surface area contributed by atoms with Crippen LogP contribution in [0.1, 0.15) is 23.2 Å². The van der Waals surface area contributed by atoms with Crippen molar-refractivity contribution in [1.29, 1.82) is 0 Å². The van der Waals surface area contributed by atoms with Crippen LogP contribution in [0.2, 0.25) is 0 Å². The molecule has 1 heterocycles. The average molecular weight is 296 g/mol. The number of benzene rings is 1. The van der Waals surface area contributed by atoms with Crippen LogP contribution in [0.15, 0.2) is 18.2 Å². The van der Waals surface area contributed by atoms with Crippen molar-refractivity contribution in [3.8, 4) is 0 Å². The van der Waals surface area contributed by atoms with Crippen LogP contribution in [0.25, 0.3) is 0 Å². The number of rotatable bonds is 3. The van der Waals surface area contributed by atoms with Gasteiger partial charge in [-0.2, -0.15) is 0 Å². The number of methoxy groups -OCH3 is 1. The van der Waals surface area contributed by atoms with Crippen LogP contribution in [-0.4, -0.2) is 41.4 Å². The molecule has 0 aromatic heterocycles. The Hall–Kier alpha value is -2.51. The average Bonchev–Trinajstić information content (AvgIpc) is 2.95. The van der Waals surface area contributed by atoms with Gasteiger partial charge in [0.15, 0.2) is 0 Å². The van der Waals surface area contributed by atoms with Gasteiger partial charge in [-0.3, -0.25) is 14.9 Å². The maximum atomic E-state index is 13.8. The van der Waals surface area contributed by atoms with Crippen molar-refractivity contribution in [2.45, 2.75) is 18.9 Å². The Balaban J connectivity index is 2.33. The molecule has 1 aliphatic heterocycles. The number of non-ortho nitro benzene ring substituents is 1. The Kier molecular flexibility index (Phi) is 4.15. The van der Waals surface area contributed by atoms with E-state index in [9.17, 15) is 24.1 Å². The molecule has 2 rings (SSSR count). The lowest BCUT2D eigenvalue weighted by atomic mass is 10.1. The molecule has 0 aliphatic carbocycles. The third kappa shape index (κ3) is 2.83. The van der Waals surface area contributed by atoms with Gasteiger partial charge in [-0.25, -0.2) is 9.18 Å². The number of ether oxygens (including phenoxy) is 1. The van der Waals surface area contributed by atoms with E-state index in [2.05, 4.69) is 4.74 Å². The van der Waals surface area contributed by atoms with Crippen LogP contribution < -0.4 is 0 Å². The fourth-order valence-corrected chi connectivity index (χ4v) is 2.34. The summed E-state index contributed by atoms with van der Waals surface area (Å²) in [4.78, 5) is 35.1. The third-order valence-electron chi connectivity index (χ3n) is 3.38. The summed E-state index contributed by atoms with van der Waals surface area (Å²) < 4.78 is 18.4. The molecule has 112 valence electrons. The van der Waals surface area contributed by atoms with Crippen molar-refractivity contribution in [3.05, 3.63) is 39.7 Å². The van der Waals surface area contributed by atoms with E-state index in [1.54, 1.807) is 0 Å². The lowest BCUT2D eigenvalue weighted by molar-refractivity contribution is -0.384. The molecule has 8 heteroatoms. The summed E-state index contributed by atoms with van der Waals surface area (Å²) in [5.74, 6) is -2.18. The summed E-state index contributed by atoms with van der Waals surface area (Å²) in [5.41, 5.74) is -0.798. The first-order valence-electron chi connectivity index (χ1n) is 6.28. The van der Waals surface area contributed by atoms with Gasteiger partial charge in [0.25, 0.3) is 11.6 Å². The second-order valence-corrected chi connectivity index (χ2v) is 4.60. The molecule has 0 radical (unpaired) electrons. The third-order valence-corrected chi connectivity index (χ3v) is 3.38. The first-order chi connectivity index (χ1) is 9.95. The predicted molar refractivity (Wildman–Crippen MR) is 69.1 cm³/mol. The normalized spacial score (nSPS) is 17.6. The molecule has 1 saturated heterocycles. The predicted octanol–water partition coefficient (Wildman–Crippen LogP) is 1.51.